The lowest BCUT2D eigenvalue weighted by atomic mass is 10.2. The van der Waals surface area contributed by atoms with Crippen molar-refractivity contribution in [2.45, 2.75) is 6.61 Å². The Labute approximate surface area is 126 Å². The van der Waals surface area contributed by atoms with Gasteiger partial charge in [-0.25, -0.2) is 18.0 Å². The zero-order valence-electron chi connectivity index (χ0n) is 10.4. The largest absolute Gasteiger partial charge is 0.489 e. The molecule has 0 aliphatic heterocycles. The SMILES string of the molecule is O=C(O)c1ccc(OCc2c(F)ccc(Br)c2F)cc1F. The van der Waals surface area contributed by atoms with Gasteiger partial charge in [0.2, 0.25) is 0 Å². The van der Waals surface area contributed by atoms with Crippen molar-refractivity contribution in [1.82, 2.24) is 0 Å². The first-order valence-electron chi connectivity index (χ1n) is 5.68. The van der Waals surface area contributed by atoms with Gasteiger partial charge in [-0.15, -0.1) is 0 Å². The zero-order chi connectivity index (χ0) is 15.6. The van der Waals surface area contributed by atoms with Gasteiger partial charge in [0, 0.05) is 6.07 Å². The van der Waals surface area contributed by atoms with Crippen molar-refractivity contribution >= 4 is 21.9 Å². The Balaban J connectivity index is 2.19. The van der Waals surface area contributed by atoms with Gasteiger partial charge in [-0.05, 0) is 40.2 Å². The van der Waals surface area contributed by atoms with Crippen molar-refractivity contribution in [1.29, 1.82) is 0 Å². The highest BCUT2D eigenvalue weighted by Gasteiger charge is 2.14. The number of ether oxygens (including phenoxy) is 1. The fraction of sp³-hybridized carbons (Fsp3) is 0.0714. The van der Waals surface area contributed by atoms with Crippen LogP contribution < -0.4 is 4.74 Å². The highest BCUT2D eigenvalue weighted by Crippen LogP contribution is 2.24. The molecule has 0 spiro atoms. The molecule has 110 valence electrons. The van der Waals surface area contributed by atoms with Crippen LogP contribution in [-0.2, 0) is 6.61 Å². The van der Waals surface area contributed by atoms with E-state index < -0.39 is 35.6 Å². The normalized spacial score (nSPS) is 10.5. The van der Waals surface area contributed by atoms with E-state index in [2.05, 4.69) is 15.9 Å². The lowest BCUT2D eigenvalue weighted by Crippen LogP contribution is -2.04. The van der Waals surface area contributed by atoms with Gasteiger partial charge in [-0.1, -0.05) is 0 Å². The Kier molecular flexibility index (Phi) is 4.52. The smallest absolute Gasteiger partial charge is 0.338 e. The summed E-state index contributed by atoms with van der Waals surface area (Å²) >= 11 is 2.92. The van der Waals surface area contributed by atoms with Crippen LogP contribution in [0.1, 0.15) is 15.9 Å². The molecule has 0 aliphatic carbocycles. The van der Waals surface area contributed by atoms with Gasteiger partial charge < -0.3 is 9.84 Å². The van der Waals surface area contributed by atoms with Crippen LogP contribution in [0.3, 0.4) is 0 Å². The number of benzene rings is 2. The third-order valence-electron chi connectivity index (χ3n) is 2.69. The molecule has 3 nitrogen and oxygen atoms in total. The van der Waals surface area contributed by atoms with E-state index in [4.69, 9.17) is 9.84 Å². The van der Waals surface area contributed by atoms with Gasteiger partial charge in [0.05, 0.1) is 15.6 Å². The molecule has 0 atom stereocenters. The summed E-state index contributed by atoms with van der Waals surface area (Å²) in [4.78, 5) is 10.7. The quantitative estimate of drug-likeness (QED) is 0.833. The highest BCUT2D eigenvalue weighted by molar-refractivity contribution is 9.10. The number of carboxylic acids is 1. The summed E-state index contributed by atoms with van der Waals surface area (Å²) in [5.74, 6) is -4.04. The first-order valence-corrected chi connectivity index (χ1v) is 6.47. The van der Waals surface area contributed by atoms with Gasteiger partial charge >= 0.3 is 5.97 Å². The van der Waals surface area contributed by atoms with Gasteiger partial charge in [0.1, 0.15) is 29.8 Å². The second-order valence-corrected chi connectivity index (χ2v) is 4.91. The number of carbonyl (C=O) groups is 1. The molecular formula is C14H8BrF3O3. The molecule has 2 aromatic carbocycles. The number of rotatable bonds is 4. The van der Waals surface area contributed by atoms with E-state index in [1.54, 1.807) is 0 Å². The minimum Gasteiger partial charge on any atom is -0.489 e. The molecule has 0 radical (unpaired) electrons. The van der Waals surface area contributed by atoms with Crippen molar-refractivity contribution in [3.8, 4) is 5.75 Å². The Hall–Kier alpha value is -2.02. The molecular weight excluding hydrogens is 353 g/mol. The zero-order valence-corrected chi connectivity index (χ0v) is 12.0. The summed E-state index contributed by atoms with van der Waals surface area (Å²) in [6.45, 7) is -0.455. The minimum atomic E-state index is -1.41. The van der Waals surface area contributed by atoms with Crippen LogP contribution in [0.4, 0.5) is 13.2 Å². The minimum absolute atomic E-state index is 0.0312. The summed E-state index contributed by atoms with van der Waals surface area (Å²) in [5.41, 5.74) is -0.825. The van der Waals surface area contributed by atoms with E-state index >= 15 is 0 Å². The third kappa shape index (κ3) is 3.36. The van der Waals surface area contributed by atoms with E-state index in [1.165, 1.54) is 12.1 Å². The van der Waals surface area contributed by atoms with E-state index in [0.717, 1.165) is 18.2 Å². The molecule has 0 fully saturated rings. The maximum absolute atomic E-state index is 13.7. The number of halogens is 4. The van der Waals surface area contributed by atoms with Gasteiger partial charge in [0.15, 0.2) is 0 Å². The molecule has 0 aliphatic rings. The van der Waals surface area contributed by atoms with Crippen LogP contribution >= 0.6 is 15.9 Å². The molecule has 0 saturated carbocycles. The summed E-state index contributed by atoms with van der Waals surface area (Å²) in [6.07, 6.45) is 0. The first-order chi connectivity index (χ1) is 9.90. The second-order valence-electron chi connectivity index (χ2n) is 4.06. The van der Waals surface area contributed by atoms with Crippen molar-refractivity contribution in [3.63, 3.8) is 0 Å². The van der Waals surface area contributed by atoms with Gasteiger partial charge in [-0.3, -0.25) is 0 Å². The molecule has 2 aromatic rings. The molecule has 0 aromatic heterocycles. The molecule has 0 heterocycles. The molecule has 0 saturated heterocycles. The average molecular weight is 361 g/mol. The summed E-state index contributed by atoms with van der Waals surface area (Å²) in [5, 5.41) is 8.68. The lowest BCUT2D eigenvalue weighted by Gasteiger charge is -2.09. The summed E-state index contributed by atoms with van der Waals surface area (Å²) in [7, 11) is 0. The maximum atomic E-state index is 13.7. The Morgan fingerprint density at radius 2 is 1.86 bits per heavy atom. The Bertz CT molecular complexity index is 704. The van der Waals surface area contributed by atoms with E-state index in [0.29, 0.717) is 0 Å². The van der Waals surface area contributed by atoms with Crippen LogP contribution in [0.5, 0.6) is 5.75 Å². The van der Waals surface area contributed by atoms with Crippen LogP contribution in [0.15, 0.2) is 34.8 Å². The molecule has 21 heavy (non-hydrogen) atoms. The summed E-state index contributed by atoms with van der Waals surface area (Å²) in [6, 6.07) is 5.35. The predicted octanol–water partition coefficient (Wildman–Crippen LogP) is 4.14. The van der Waals surface area contributed by atoms with Crippen LogP contribution in [0.25, 0.3) is 0 Å². The lowest BCUT2D eigenvalue weighted by molar-refractivity contribution is 0.0692. The monoisotopic (exact) mass is 360 g/mol. The molecule has 0 amide bonds. The third-order valence-corrected chi connectivity index (χ3v) is 3.31. The number of hydrogen-bond acceptors (Lipinski definition) is 2. The average Bonchev–Trinajstić information content (AvgIpc) is 2.43. The van der Waals surface area contributed by atoms with Crippen molar-refractivity contribution in [2.75, 3.05) is 0 Å². The standard InChI is InChI=1S/C14H8BrF3O3/c15-10-3-4-11(16)9(13(10)18)6-21-7-1-2-8(14(19)20)12(17)5-7/h1-5H,6H2,(H,19,20). The van der Waals surface area contributed by atoms with Crippen molar-refractivity contribution in [2.24, 2.45) is 0 Å². The molecule has 0 unspecified atom stereocenters. The Morgan fingerprint density at radius 1 is 1.14 bits per heavy atom. The van der Waals surface area contributed by atoms with Gasteiger partial charge in [-0.2, -0.15) is 0 Å². The number of carboxylic acid groups (broad SMARTS) is 1. The highest BCUT2D eigenvalue weighted by atomic mass is 79.9. The maximum Gasteiger partial charge on any atom is 0.338 e. The van der Waals surface area contributed by atoms with E-state index in [-0.39, 0.29) is 15.8 Å². The van der Waals surface area contributed by atoms with E-state index in [9.17, 15) is 18.0 Å². The fourth-order valence-corrected chi connectivity index (χ4v) is 1.99. The molecule has 2 rings (SSSR count). The number of hydrogen-bond donors (Lipinski definition) is 1. The van der Waals surface area contributed by atoms with Gasteiger partial charge in [0.25, 0.3) is 0 Å². The van der Waals surface area contributed by atoms with Crippen LogP contribution in [0, 0.1) is 17.5 Å². The van der Waals surface area contributed by atoms with E-state index in [1.807, 2.05) is 0 Å². The fourth-order valence-electron chi connectivity index (χ4n) is 1.62. The van der Waals surface area contributed by atoms with Crippen LogP contribution in [-0.4, -0.2) is 11.1 Å². The van der Waals surface area contributed by atoms with Crippen molar-refractivity contribution < 1.29 is 27.8 Å². The predicted molar refractivity (Wildman–Crippen MR) is 71.7 cm³/mol. The molecule has 0 bridgehead atoms. The summed E-state index contributed by atoms with van der Waals surface area (Å²) < 4.78 is 45.8. The first kappa shape index (κ1) is 15.4. The van der Waals surface area contributed by atoms with Crippen LogP contribution in [0.2, 0.25) is 0 Å². The Morgan fingerprint density at radius 3 is 2.48 bits per heavy atom. The number of aromatic carboxylic acids is 1. The second kappa shape index (κ2) is 6.17. The topological polar surface area (TPSA) is 46.5 Å². The molecule has 1 N–H and O–H groups in total. The molecule has 7 heteroatoms. The van der Waals surface area contributed by atoms with Crippen molar-refractivity contribution in [3.05, 3.63) is 63.4 Å².